The molecule has 0 aliphatic carbocycles. The van der Waals surface area contributed by atoms with Gasteiger partial charge < -0.3 is 0 Å². The highest BCUT2D eigenvalue weighted by Crippen LogP contribution is 2.35. The maximum Gasteiger partial charge on any atom is 0.124 e. The zero-order valence-electron chi connectivity index (χ0n) is 11.4. The van der Waals surface area contributed by atoms with Crippen LogP contribution in [0.15, 0.2) is 48.5 Å². The van der Waals surface area contributed by atoms with E-state index in [1.54, 1.807) is 23.5 Å². The number of rotatable bonds is 2. The Hall–Kier alpha value is -2.00. The van der Waals surface area contributed by atoms with E-state index in [-0.39, 0.29) is 5.82 Å². The molecule has 3 aromatic rings. The van der Waals surface area contributed by atoms with E-state index >= 15 is 0 Å². The van der Waals surface area contributed by atoms with Crippen LogP contribution in [-0.2, 0) is 0 Å². The Bertz CT molecular complexity index is 727. The molecule has 0 aliphatic rings. The summed E-state index contributed by atoms with van der Waals surface area (Å²) < 4.78 is 13.0. The minimum atomic E-state index is -0.213. The van der Waals surface area contributed by atoms with Crippen molar-refractivity contribution in [3.8, 4) is 21.0 Å². The lowest BCUT2D eigenvalue weighted by Crippen LogP contribution is -1.79. The molecule has 0 N–H and O–H groups in total. The van der Waals surface area contributed by atoms with Crippen LogP contribution in [0, 0.1) is 19.7 Å². The summed E-state index contributed by atoms with van der Waals surface area (Å²) in [5.41, 5.74) is 4.36. The predicted octanol–water partition coefficient (Wildman–Crippen LogP) is 5.23. The maximum atomic E-state index is 13.0. The van der Waals surface area contributed by atoms with Crippen molar-refractivity contribution in [1.29, 1.82) is 0 Å². The maximum absolute atomic E-state index is 13.0. The summed E-state index contributed by atoms with van der Waals surface area (Å²) in [6.07, 6.45) is 0. The molecular formula is C17H14FNS. The summed E-state index contributed by atoms with van der Waals surface area (Å²) >= 11 is 1.64. The van der Waals surface area contributed by atoms with E-state index < -0.39 is 0 Å². The molecule has 3 rings (SSSR count). The number of aromatic nitrogens is 1. The van der Waals surface area contributed by atoms with E-state index in [0.29, 0.717) is 0 Å². The SMILES string of the molecule is Cc1ccc(-c2nc(C)c(-c3ccc(F)cc3)s2)cc1. The third-order valence-corrected chi connectivity index (χ3v) is 4.46. The highest BCUT2D eigenvalue weighted by atomic mass is 32.1. The first-order valence-electron chi connectivity index (χ1n) is 6.44. The number of aryl methyl sites for hydroxylation is 2. The van der Waals surface area contributed by atoms with Crippen LogP contribution in [0.1, 0.15) is 11.3 Å². The van der Waals surface area contributed by atoms with Crippen LogP contribution in [0.4, 0.5) is 4.39 Å². The van der Waals surface area contributed by atoms with Gasteiger partial charge in [-0.25, -0.2) is 9.37 Å². The van der Waals surface area contributed by atoms with Crippen LogP contribution >= 0.6 is 11.3 Å². The van der Waals surface area contributed by atoms with Gasteiger partial charge in [0, 0.05) is 5.56 Å². The third-order valence-electron chi connectivity index (χ3n) is 3.20. The standard InChI is InChI=1S/C17H14FNS/c1-11-3-5-14(6-4-11)17-19-12(2)16(20-17)13-7-9-15(18)10-8-13/h3-10H,1-2H3. The topological polar surface area (TPSA) is 12.9 Å². The van der Waals surface area contributed by atoms with Gasteiger partial charge in [-0.1, -0.05) is 42.0 Å². The van der Waals surface area contributed by atoms with Gasteiger partial charge in [0.1, 0.15) is 10.8 Å². The molecule has 0 bridgehead atoms. The molecule has 0 radical (unpaired) electrons. The summed E-state index contributed by atoms with van der Waals surface area (Å²) in [6, 6.07) is 14.9. The van der Waals surface area contributed by atoms with Crippen molar-refractivity contribution in [2.75, 3.05) is 0 Å². The van der Waals surface area contributed by atoms with E-state index in [4.69, 9.17) is 0 Å². The molecule has 1 nitrogen and oxygen atoms in total. The van der Waals surface area contributed by atoms with Crippen molar-refractivity contribution < 1.29 is 4.39 Å². The molecule has 0 spiro atoms. The summed E-state index contributed by atoms with van der Waals surface area (Å²) in [6.45, 7) is 4.06. The van der Waals surface area contributed by atoms with Crippen LogP contribution in [0.25, 0.3) is 21.0 Å². The second-order valence-electron chi connectivity index (χ2n) is 4.81. The van der Waals surface area contributed by atoms with Gasteiger partial charge in [0.2, 0.25) is 0 Å². The highest BCUT2D eigenvalue weighted by molar-refractivity contribution is 7.18. The highest BCUT2D eigenvalue weighted by Gasteiger charge is 2.11. The Kier molecular flexibility index (Phi) is 3.36. The molecule has 1 aromatic heterocycles. The first-order chi connectivity index (χ1) is 9.63. The quantitative estimate of drug-likeness (QED) is 0.627. The molecule has 1 heterocycles. The molecule has 20 heavy (non-hydrogen) atoms. The van der Waals surface area contributed by atoms with Crippen molar-refractivity contribution >= 4 is 11.3 Å². The fourth-order valence-electron chi connectivity index (χ4n) is 2.09. The second-order valence-corrected chi connectivity index (χ2v) is 5.81. The fraction of sp³-hybridized carbons (Fsp3) is 0.118. The molecule has 100 valence electrons. The molecule has 0 aliphatic heterocycles. The van der Waals surface area contributed by atoms with Gasteiger partial charge in [0.15, 0.2) is 0 Å². The summed E-state index contributed by atoms with van der Waals surface area (Å²) in [5.74, 6) is -0.213. The lowest BCUT2D eigenvalue weighted by Gasteiger charge is -1.98. The Balaban J connectivity index is 2.02. The smallest absolute Gasteiger partial charge is 0.124 e. The molecule has 0 amide bonds. The van der Waals surface area contributed by atoms with Gasteiger partial charge in [-0.2, -0.15) is 0 Å². The number of nitrogens with zero attached hydrogens (tertiary/aromatic N) is 1. The van der Waals surface area contributed by atoms with Gasteiger partial charge in [0.25, 0.3) is 0 Å². The van der Waals surface area contributed by atoms with Crippen LogP contribution in [0.3, 0.4) is 0 Å². The van der Waals surface area contributed by atoms with Gasteiger partial charge in [0.05, 0.1) is 10.6 Å². The number of halogens is 1. The minimum Gasteiger partial charge on any atom is -0.241 e. The predicted molar refractivity (Wildman–Crippen MR) is 82.4 cm³/mol. The number of thiazole rings is 1. The molecule has 2 aromatic carbocycles. The molecule has 0 saturated carbocycles. The largest absolute Gasteiger partial charge is 0.241 e. The lowest BCUT2D eigenvalue weighted by molar-refractivity contribution is 0.628. The van der Waals surface area contributed by atoms with Crippen LogP contribution in [-0.4, -0.2) is 4.98 Å². The average molecular weight is 283 g/mol. The van der Waals surface area contributed by atoms with Crippen LogP contribution in [0.2, 0.25) is 0 Å². The average Bonchev–Trinajstić information content (AvgIpc) is 2.82. The summed E-state index contributed by atoms with van der Waals surface area (Å²) in [4.78, 5) is 5.73. The van der Waals surface area contributed by atoms with Crippen molar-refractivity contribution in [2.24, 2.45) is 0 Å². The van der Waals surface area contributed by atoms with E-state index in [0.717, 1.165) is 26.7 Å². The zero-order valence-corrected chi connectivity index (χ0v) is 12.2. The molecule has 0 unspecified atom stereocenters. The van der Waals surface area contributed by atoms with E-state index in [2.05, 4.69) is 36.2 Å². The van der Waals surface area contributed by atoms with Gasteiger partial charge in [-0.05, 0) is 31.5 Å². The zero-order chi connectivity index (χ0) is 14.1. The third kappa shape index (κ3) is 2.49. The number of benzene rings is 2. The van der Waals surface area contributed by atoms with Crippen molar-refractivity contribution in [3.63, 3.8) is 0 Å². The van der Waals surface area contributed by atoms with E-state index in [9.17, 15) is 4.39 Å². The Morgan fingerprint density at radius 2 is 1.45 bits per heavy atom. The van der Waals surface area contributed by atoms with Crippen molar-refractivity contribution in [2.45, 2.75) is 13.8 Å². The monoisotopic (exact) mass is 283 g/mol. The lowest BCUT2D eigenvalue weighted by atomic mass is 10.1. The summed E-state index contributed by atoms with van der Waals surface area (Å²) in [7, 11) is 0. The molecule has 0 fully saturated rings. The number of hydrogen-bond acceptors (Lipinski definition) is 2. The van der Waals surface area contributed by atoms with E-state index in [1.165, 1.54) is 17.7 Å². The Morgan fingerprint density at radius 3 is 2.10 bits per heavy atom. The Morgan fingerprint density at radius 1 is 0.850 bits per heavy atom. The van der Waals surface area contributed by atoms with Crippen molar-refractivity contribution in [3.05, 3.63) is 65.6 Å². The van der Waals surface area contributed by atoms with Crippen LogP contribution in [0.5, 0.6) is 0 Å². The number of hydrogen-bond donors (Lipinski definition) is 0. The Labute approximate surface area is 121 Å². The molecule has 3 heteroatoms. The second kappa shape index (κ2) is 5.17. The van der Waals surface area contributed by atoms with Crippen molar-refractivity contribution in [1.82, 2.24) is 4.98 Å². The van der Waals surface area contributed by atoms with Gasteiger partial charge in [-0.3, -0.25) is 0 Å². The van der Waals surface area contributed by atoms with Gasteiger partial charge in [-0.15, -0.1) is 11.3 Å². The minimum absolute atomic E-state index is 0.213. The normalized spacial score (nSPS) is 10.8. The first kappa shape index (κ1) is 13.0. The molecular weight excluding hydrogens is 269 g/mol. The fourth-order valence-corrected chi connectivity index (χ4v) is 3.16. The molecule has 0 saturated heterocycles. The van der Waals surface area contributed by atoms with Gasteiger partial charge >= 0.3 is 0 Å². The molecule has 0 atom stereocenters. The van der Waals surface area contributed by atoms with E-state index in [1.807, 2.05) is 6.92 Å². The first-order valence-corrected chi connectivity index (χ1v) is 7.25. The van der Waals surface area contributed by atoms with Crippen LogP contribution < -0.4 is 0 Å². The summed E-state index contributed by atoms with van der Waals surface area (Å²) in [5, 5.41) is 1.00.